The van der Waals surface area contributed by atoms with Crippen molar-refractivity contribution in [2.24, 2.45) is 0 Å². The second kappa shape index (κ2) is 7.25. The van der Waals surface area contributed by atoms with Crippen molar-refractivity contribution in [3.8, 4) is 11.8 Å². The van der Waals surface area contributed by atoms with Crippen LogP contribution in [0.4, 0.5) is 5.95 Å². The van der Waals surface area contributed by atoms with E-state index in [1.165, 1.54) is 0 Å². The molecule has 2 rings (SSSR count). The van der Waals surface area contributed by atoms with E-state index in [1.54, 1.807) is 20.3 Å². The van der Waals surface area contributed by atoms with Crippen molar-refractivity contribution in [1.29, 1.82) is 0 Å². The third-order valence-electron chi connectivity index (χ3n) is 3.40. The summed E-state index contributed by atoms with van der Waals surface area (Å²) in [5, 5.41) is 3.22. The van der Waals surface area contributed by atoms with Gasteiger partial charge in [-0.25, -0.2) is 0 Å². The number of nitrogens with one attached hydrogen (secondary N) is 1. The molecule has 0 aliphatic carbocycles. The highest BCUT2D eigenvalue weighted by atomic mass is 16.5. The first-order valence-electron chi connectivity index (χ1n) is 6.83. The van der Waals surface area contributed by atoms with E-state index in [-0.39, 0.29) is 0 Å². The minimum atomic E-state index is 0.499. The summed E-state index contributed by atoms with van der Waals surface area (Å²) in [4.78, 5) is 13.3. The average Bonchev–Trinajstić information content (AvgIpc) is 2.49. The molecule has 7 nitrogen and oxygen atoms in total. The first-order valence-corrected chi connectivity index (χ1v) is 6.83. The van der Waals surface area contributed by atoms with E-state index >= 15 is 0 Å². The van der Waals surface area contributed by atoms with Gasteiger partial charge in [-0.2, -0.15) is 9.97 Å². The molecule has 7 heteroatoms. The summed E-state index contributed by atoms with van der Waals surface area (Å²) < 4.78 is 10.2. The van der Waals surface area contributed by atoms with Crippen molar-refractivity contribution in [2.75, 3.05) is 65.9 Å². The smallest absolute Gasteiger partial charge is 0.229 e. The molecular weight excluding hydrogens is 258 g/mol. The maximum absolute atomic E-state index is 5.12. The van der Waals surface area contributed by atoms with Crippen molar-refractivity contribution >= 4 is 5.95 Å². The Bertz CT molecular complexity index is 399. The van der Waals surface area contributed by atoms with Crippen molar-refractivity contribution in [2.45, 2.75) is 0 Å². The van der Waals surface area contributed by atoms with E-state index in [9.17, 15) is 0 Å². The zero-order valence-electron chi connectivity index (χ0n) is 12.4. The molecule has 1 aliphatic rings. The van der Waals surface area contributed by atoms with Gasteiger partial charge in [-0.05, 0) is 7.05 Å². The van der Waals surface area contributed by atoms with Gasteiger partial charge in [0.05, 0.1) is 20.3 Å². The molecule has 2 heterocycles. The minimum Gasteiger partial charge on any atom is -0.481 e. The molecule has 0 amide bonds. The van der Waals surface area contributed by atoms with Gasteiger partial charge in [0.25, 0.3) is 0 Å². The van der Waals surface area contributed by atoms with Crippen LogP contribution in [0.2, 0.25) is 0 Å². The predicted molar refractivity (Wildman–Crippen MR) is 77.6 cm³/mol. The number of methoxy groups -OCH3 is 2. The van der Waals surface area contributed by atoms with Gasteiger partial charge >= 0.3 is 0 Å². The van der Waals surface area contributed by atoms with Gasteiger partial charge in [-0.1, -0.05) is 0 Å². The Balaban J connectivity index is 1.81. The van der Waals surface area contributed by atoms with E-state index in [0.717, 1.165) is 39.3 Å². The highest BCUT2D eigenvalue weighted by Crippen LogP contribution is 2.16. The highest BCUT2D eigenvalue weighted by molar-refractivity contribution is 5.33. The lowest BCUT2D eigenvalue weighted by Crippen LogP contribution is -2.45. The van der Waals surface area contributed by atoms with E-state index in [2.05, 4.69) is 32.1 Å². The van der Waals surface area contributed by atoms with Crippen LogP contribution in [0.1, 0.15) is 0 Å². The Hall–Kier alpha value is -1.60. The SMILES string of the molecule is COc1cc(OC)nc(NCCN2CCN(C)CC2)n1. The fourth-order valence-corrected chi connectivity index (χ4v) is 2.09. The number of nitrogens with zero attached hydrogens (tertiary/aromatic N) is 4. The molecule has 0 unspecified atom stereocenters. The Morgan fingerprint density at radius 3 is 2.25 bits per heavy atom. The van der Waals surface area contributed by atoms with Crippen LogP contribution < -0.4 is 14.8 Å². The van der Waals surface area contributed by atoms with Crippen LogP contribution in [-0.2, 0) is 0 Å². The molecule has 0 saturated carbocycles. The molecule has 1 N–H and O–H groups in total. The maximum Gasteiger partial charge on any atom is 0.229 e. The van der Waals surface area contributed by atoms with Crippen LogP contribution in [0.5, 0.6) is 11.8 Å². The standard InChI is InChI=1S/C13H23N5O2/c1-17-6-8-18(9-7-17)5-4-14-13-15-11(19-2)10-12(16-13)20-3/h10H,4-9H2,1-3H3,(H,14,15,16). The zero-order valence-corrected chi connectivity index (χ0v) is 12.4. The van der Waals surface area contributed by atoms with Crippen LogP contribution >= 0.6 is 0 Å². The molecule has 112 valence electrons. The van der Waals surface area contributed by atoms with Gasteiger partial charge in [0.15, 0.2) is 0 Å². The van der Waals surface area contributed by atoms with Crippen LogP contribution in [0, 0.1) is 0 Å². The van der Waals surface area contributed by atoms with E-state index < -0.39 is 0 Å². The van der Waals surface area contributed by atoms with Crippen molar-refractivity contribution < 1.29 is 9.47 Å². The Kier molecular flexibility index (Phi) is 5.37. The number of rotatable bonds is 6. The fraction of sp³-hybridized carbons (Fsp3) is 0.692. The number of aromatic nitrogens is 2. The lowest BCUT2D eigenvalue weighted by Gasteiger charge is -2.32. The first-order chi connectivity index (χ1) is 9.71. The second-order valence-corrected chi connectivity index (χ2v) is 4.85. The van der Waals surface area contributed by atoms with Crippen molar-refractivity contribution in [1.82, 2.24) is 19.8 Å². The molecular formula is C13H23N5O2. The van der Waals surface area contributed by atoms with Gasteiger partial charge in [0, 0.05) is 39.3 Å². The monoisotopic (exact) mass is 281 g/mol. The number of hydrogen-bond donors (Lipinski definition) is 1. The summed E-state index contributed by atoms with van der Waals surface area (Å²) in [6.45, 7) is 6.27. The summed E-state index contributed by atoms with van der Waals surface area (Å²) in [7, 11) is 5.32. The number of likely N-dealkylation sites (N-methyl/N-ethyl adjacent to an activating group) is 1. The molecule has 1 aliphatic heterocycles. The summed E-state index contributed by atoms with van der Waals surface area (Å²) in [5.41, 5.74) is 0. The molecule has 0 atom stereocenters. The number of ether oxygens (including phenoxy) is 2. The van der Waals surface area contributed by atoms with Crippen LogP contribution in [0.15, 0.2) is 6.07 Å². The van der Waals surface area contributed by atoms with Crippen molar-refractivity contribution in [3.63, 3.8) is 0 Å². The van der Waals surface area contributed by atoms with Gasteiger partial charge in [-0.15, -0.1) is 0 Å². The summed E-state index contributed by atoms with van der Waals surface area (Å²) >= 11 is 0. The number of hydrogen-bond acceptors (Lipinski definition) is 7. The molecule has 1 fully saturated rings. The van der Waals surface area contributed by atoms with Crippen LogP contribution in [0.3, 0.4) is 0 Å². The van der Waals surface area contributed by atoms with E-state index in [0.29, 0.717) is 17.7 Å². The fourth-order valence-electron chi connectivity index (χ4n) is 2.09. The molecule has 0 spiro atoms. The van der Waals surface area contributed by atoms with Gasteiger partial charge in [0.1, 0.15) is 0 Å². The first kappa shape index (κ1) is 14.8. The third-order valence-corrected chi connectivity index (χ3v) is 3.40. The largest absolute Gasteiger partial charge is 0.481 e. The molecule has 0 aromatic carbocycles. The molecule has 0 bridgehead atoms. The van der Waals surface area contributed by atoms with Gasteiger partial charge in [-0.3, -0.25) is 4.90 Å². The topological polar surface area (TPSA) is 62.8 Å². The number of piperazine rings is 1. The Morgan fingerprint density at radius 1 is 1.10 bits per heavy atom. The second-order valence-electron chi connectivity index (χ2n) is 4.85. The Labute approximate surface area is 119 Å². The Morgan fingerprint density at radius 2 is 1.70 bits per heavy atom. The zero-order chi connectivity index (χ0) is 14.4. The van der Waals surface area contributed by atoms with E-state index in [1.807, 2.05) is 0 Å². The quantitative estimate of drug-likeness (QED) is 0.796. The maximum atomic E-state index is 5.12. The summed E-state index contributed by atoms with van der Waals surface area (Å²) in [5.74, 6) is 1.54. The normalized spacial score (nSPS) is 16.9. The van der Waals surface area contributed by atoms with E-state index in [4.69, 9.17) is 9.47 Å². The van der Waals surface area contributed by atoms with Crippen LogP contribution in [0.25, 0.3) is 0 Å². The van der Waals surface area contributed by atoms with Gasteiger partial charge in [0.2, 0.25) is 17.7 Å². The molecule has 1 saturated heterocycles. The van der Waals surface area contributed by atoms with Crippen molar-refractivity contribution in [3.05, 3.63) is 6.07 Å². The molecule has 1 aromatic heterocycles. The summed E-state index contributed by atoms with van der Waals surface area (Å²) in [6, 6.07) is 1.66. The van der Waals surface area contributed by atoms with Gasteiger partial charge < -0.3 is 19.7 Å². The molecule has 1 aromatic rings. The average molecular weight is 281 g/mol. The molecule has 20 heavy (non-hydrogen) atoms. The number of anilines is 1. The third kappa shape index (κ3) is 4.21. The minimum absolute atomic E-state index is 0.499. The lowest BCUT2D eigenvalue weighted by molar-refractivity contribution is 0.158. The predicted octanol–water partition coefficient (Wildman–Crippen LogP) is 0.153. The summed E-state index contributed by atoms with van der Waals surface area (Å²) in [6.07, 6.45) is 0. The highest BCUT2D eigenvalue weighted by Gasteiger charge is 2.13. The van der Waals surface area contributed by atoms with Crippen LogP contribution in [-0.4, -0.2) is 80.3 Å². The molecule has 0 radical (unpaired) electrons. The lowest BCUT2D eigenvalue weighted by atomic mass is 10.3.